The minimum absolute atomic E-state index is 0. The molecule has 0 saturated heterocycles. The molecule has 0 radical (unpaired) electrons. The van der Waals surface area contributed by atoms with E-state index in [1.807, 2.05) is 0 Å². The number of aryl methyl sites for hydroxylation is 1. The predicted molar refractivity (Wildman–Crippen MR) is 67.2 cm³/mol. The zero-order valence-electron chi connectivity index (χ0n) is 9.60. The summed E-state index contributed by atoms with van der Waals surface area (Å²) in [4.78, 5) is -0.340. The van der Waals surface area contributed by atoms with Gasteiger partial charge in [-0.2, -0.15) is 0 Å². The highest BCUT2D eigenvalue weighted by Gasteiger charge is 2.21. The molecule has 3 N–H and O–H groups in total. The van der Waals surface area contributed by atoms with Crippen molar-refractivity contribution in [3.8, 4) is 0 Å². The number of halogens is 2. The Morgan fingerprint density at radius 1 is 1.47 bits per heavy atom. The topological polar surface area (TPSA) is 72.2 Å². The third-order valence-electron chi connectivity index (χ3n) is 2.16. The zero-order chi connectivity index (χ0) is 12.3. The maximum absolute atomic E-state index is 13.6. The quantitative estimate of drug-likeness (QED) is 0.871. The molecule has 0 unspecified atom stereocenters. The van der Waals surface area contributed by atoms with Crippen molar-refractivity contribution in [2.75, 3.05) is 6.54 Å². The lowest BCUT2D eigenvalue weighted by Crippen LogP contribution is -2.38. The van der Waals surface area contributed by atoms with Crippen molar-refractivity contribution in [1.82, 2.24) is 4.72 Å². The second-order valence-corrected chi connectivity index (χ2v) is 5.33. The molecule has 1 aromatic rings. The first-order chi connectivity index (χ1) is 7.38. The molecular formula is C10H16ClFN2O2S. The number of sulfonamides is 1. The molecule has 0 aliphatic heterocycles. The van der Waals surface area contributed by atoms with Gasteiger partial charge in [-0.3, -0.25) is 0 Å². The molecule has 0 aliphatic rings. The third kappa shape index (κ3) is 3.92. The first-order valence-corrected chi connectivity index (χ1v) is 6.34. The van der Waals surface area contributed by atoms with Crippen LogP contribution in [-0.4, -0.2) is 21.0 Å². The summed E-state index contributed by atoms with van der Waals surface area (Å²) in [7, 11) is -3.83. The maximum Gasteiger partial charge on any atom is 0.243 e. The Labute approximate surface area is 107 Å². The number of nitrogens with two attached hydrogens (primary N) is 1. The van der Waals surface area contributed by atoms with Crippen LogP contribution >= 0.6 is 12.4 Å². The van der Waals surface area contributed by atoms with E-state index in [9.17, 15) is 12.8 Å². The van der Waals surface area contributed by atoms with Crippen molar-refractivity contribution >= 4 is 22.4 Å². The Morgan fingerprint density at radius 3 is 2.59 bits per heavy atom. The van der Waals surface area contributed by atoms with E-state index < -0.39 is 21.9 Å². The van der Waals surface area contributed by atoms with Crippen molar-refractivity contribution < 1.29 is 12.8 Å². The summed E-state index contributed by atoms with van der Waals surface area (Å²) in [6.07, 6.45) is 0. The summed E-state index contributed by atoms with van der Waals surface area (Å²) in [6.45, 7) is 3.29. The summed E-state index contributed by atoms with van der Waals surface area (Å²) in [5.41, 5.74) is 5.60. The second kappa shape index (κ2) is 6.30. The number of hydrogen-bond donors (Lipinski definition) is 2. The number of nitrogens with one attached hydrogen (secondary N) is 1. The largest absolute Gasteiger partial charge is 0.329 e. The van der Waals surface area contributed by atoms with E-state index in [1.54, 1.807) is 6.92 Å². The molecule has 0 aliphatic carbocycles. The fraction of sp³-hybridized carbons (Fsp3) is 0.400. The Hall–Kier alpha value is -0.690. The van der Waals surface area contributed by atoms with E-state index in [-0.39, 0.29) is 23.8 Å². The average molecular weight is 283 g/mol. The summed E-state index contributed by atoms with van der Waals surface area (Å²) >= 11 is 0. The van der Waals surface area contributed by atoms with Gasteiger partial charge >= 0.3 is 0 Å². The second-order valence-electron chi connectivity index (χ2n) is 3.65. The molecule has 17 heavy (non-hydrogen) atoms. The van der Waals surface area contributed by atoms with Crippen LogP contribution in [0.15, 0.2) is 23.1 Å². The highest BCUT2D eigenvalue weighted by atomic mass is 35.5. The van der Waals surface area contributed by atoms with Gasteiger partial charge in [-0.15, -0.1) is 12.4 Å². The normalized spacial score (nSPS) is 12.9. The van der Waals surface area contributed by atoms with Crippen molar-refractivity contribution in [3.05, 3.63) is 29.6 Å². The minimum Gasteiger partial charge on any atom is -0.329 e. The molecule has 1 rings (SSSR count). The van der Waals surface area contributed by atoms with Gasteiger partial charge in [0.2, 0.25) is 10.0 Å². The highest BCUT2D eigenvalue weighted by molar-refractivity contribution is 7.89. The Bertz CT molecular complexity index is 479. The molecule has 0 bridgehead atoms. The van der Waals surface area contributed by atoms with Crippen LogP contribution in [-0.2, 0) is 10.0 Å². The van der Waals surface area contributed by atoms with E-state index in [2.05, 4.69) is 4.72 Å². The van der Waals surface area contributed by atoms with Crippen LogP contribution in [0.4, 0.5) is 4.39 Å². The summed E-state index contributed by atoms with van der Waals surface area (Å²) in [5, 5.41) is 0. The summed E-state index contributed by atoms with van der Waals surface area (Å²) in [5.74, 6) is -0.723. The van der Waals surface area contributed by atoms with Gasteiger partial charge < -0.3 is 5.73 Å². The molecule has 1 atom stereocenters. The lowest BCUT2D eigenvalue weighted by atomic mass is 10.2. The van der Waals surface area contributed by atoms with Crippen LogP contribution in [0.2, 0.25) is 0 Å². The van der Waals surface area contributed by atoms with Crippen molar-refractivity contribution in [3.63, 3.8) is 0 Å². The van der Waals surface area contributed by atoms with Crippen LogP contribution in [0.5, 0.6) is 0 Å². The maximum atomic E-state index is 13.6. The summed E-state index contributed by atoms with van der Waals surface area (Å²) < 4.78 is 39.4. The summed E-state index contributed by atoms with van der Waals surface area (Å²) in [6, 6.07) is 3.82. The molecule has 0 amide bonds. The van der Waals surface area contributed by atoms with Gasteiger partial charge in [-0.05, 0) is 25.5 Å². The van der Waals surface area contributed by atoms with E-state index in [0.29, 0.717) is 5.56 Å². The number of hydrogen-bond acceptors (Lipinski definition) is 3. The van der Waals surface area contributed by atoms with Gasteiger partial charge in [-0.25, -0.2) is 17.5 Å². The molecule has 0 spiro atoms. The molecule has 0 saturated carbocycles. The molecule has 0 heterocycles. The molecular weight excluding hydrogens is 267 g/mol. The molecule has 0 aromatic heterocycles. The van der Waals surface area contributed by atoms with E-state index in [0.717, 1.165) is 0 Å². The zero-order valence-corrected chi connectivity index (χ0v) is 11.2. The van der Waals surface area contributed by atoms with Gasteiger partial charge in [0.1, 0.15) is 10.7 Å². The molecule has 1 aromatic carbocycles. The smallest absolute Gasteiger partial charge is 0.243 e. The van der Waals surface area contributed by atoms with E-state index in [4.69, 9.17) is 5.73 Å². The van der Waals surface area contributed by atoms with Crippen LogP contribution in [0.3, 0.4) is 0 Å². The average Bonchev–Trinajstić information content (AvgIpc) is 2.21. The van der Waals surface area contributed by atoms with Gasteiger partial charge in [-0.1, -0.05) is 12.1 Å². The van der Waals surface area contributed by atoms with Crippen LogP contribution in [0.1, 0.15) is 12.5 Å². The van der Waals surface area contributed by atoms with Crippen molar-refractivity contribution in [2.24, 2.45) is 5.73 Å². The fourth-order valence-electron chi connectivity index (χ4n) is 1.20. The Kier molecular flexibility index (Phi) is 6.04. The van der Waals surface area contributed by atoms with Gasteiger partial charge in [0.25, 0.3) is 0 Å². The standard InChI is InChI=1S/C10H15FN2O2S.ClH/c1-7-4-3-5-9(10(7)11)16(14,15)13-8(2)6-12;/h3-5,8,13H,6,12H2,1-2H3;1H/t8-;/m0./s1. The van der Waals surface area contributed by atoms with Crippen molar-refractivity contribution in [1.29, 1.82) is 0 Å². The Balaban J connectivity index is 0.00000256. The molecule has 0 fully saturated rings. The van der Waals surface area contributed by atoms with Gasteiger partial charge in [0, 0.05) is 12.6 Å². The van der Waals surface area contributed by atoms with Gasteiger partial charge in [0.15, 0.2) is 0 Å². The Morgan fingerprint density at radius 2 is 2.06 bits per heavy atom. The lowest BCUT2D eigenvalue weighted by molar-refractivity contribution is 0.541. The number of rotatable bonds is 4. The fourth-order valence-corrected chi connectivity index (χ4v) is 2.61. The van der Waals surface area contributed by atoms with E-state index in [1.165, 1.54) is 25.1 Å². The number of benzene rings is 1. The van der Waals surface area contributed by atoms with Crippen LogP contribution in [0.25, 0.3) is 0 Å². The SMILES string of the molecule is Cc1cccc(S(=O)(=O)N[C@@H](C)CN)c1F.Cl. The predicted octanol–water partition coefficient (Wildman–Crippen LogP) is 1.18. The first kappa shape index (κ1) is 16.3. The minimum atomic E-state index is -3.83. The lowest BCUT2D eigenvalue weighted by Gasteiger charge is -2.13. The van der Waals surface area contributed by atoms with Crippen molar-refractivity contribution in [2.45, 2.75) is 24.8 Å². The van der Waals surface area contributed by atoms with Gasteiger partial charge in [0.05, 0.1) is 0 Å². The molecule has 4 nitrogen and oxygen atoms in total. The van der Waals surface area contributed by atoms with E-state index >= 15 is 0 Å². The first-order valence-electron chi connectivity index (χ1n) is 4.86. The monoisotopic (exact) mass is 282 g/mol. The molecule has 98 valence electrons. The van der Waals surface area contributed by atoms with Crippen LogP contribution < -0.4 is 10.5 Å². The third-order valence-corrected chi connectivity index (χ3v) is 3.76. The highest BCUT2D eigenvalue weighted by Crippen LogP contribution is 2.17. The van der Waals surface area contributed by atoms with Crippen LogP contribution in [0, 0.1) is 12.7 Å². The molecule has 7 heteroatoms.